The zero-order valence-electron chi connectivity index (χ0n) is 10.3. The van der Waals surface area contributed by atoms with Gasteiger partial charge in [0.2, 0.25) is 5.91 Å². The third kappa shape index (κ3) is 3.43. The van der Waals surface area contributed by atoms with E-state index in [9.17, 15) is 13.6 Å². The number of rotatable bonds is 4. The van der Waals surface area contributed by atoms with Gasteiger partial charge < -0.3 is 5.32 Å². The van der Waals surface area contributed by atoms with Gasteiger partial charge in [-0.05, 0) is 26.7 Å². The van der Waals surface area contributed by atoms with E-state index in [2.05, 4.69) is 5.32 Å². The number of alkyl halides is 2. The Kier molecular flexibility index (Phi) is 4.26. The van der Waals surface area contributed by atoms with Crippen molar-refractivity contribution in [2.24, 2.45) is 11.3 Å². The standard InChI is InChI=1S/C11H21F2NO/c1-7(2)8(3)14-9(15)10(4,5)11(6,12)13/h7-8H,1-6H3,(H,14,15)/t8-/m1/s1. The van der Waals surface area contributed by atoms with E-state index in [4.69, 9.17) is 0 Å². The van der Waals surface area contributed by atoms with Crippen molar-refractivity contribution in [1.82, 2.24) is 5.32 Å². The average molecular weight is 221 g/mol. The van der Waals surface area contributed by atoms with E-state index in [1.807, 2.05) is 20.8 Å². The number of hydrogen-bond donors (Lipinski definition) is 1. The van der Waals surface area contributed by atoms with Crippen LogP contribution in [-0.4, -0.2) is 17.9 Å². The molecule has 1 amide bonds. The van der Waals surface area contributed by atoms with Crippen LogP contribution in [0.4, 0.5) is 8.78 Å². The lowest BCUT2D eigenvalue weighted by molar-refractivity contribution is -0.152. The Labute approximate surface area is 90.4 Å². The largest absolute Gasteiger partial charge is 0.353 e. The first-order chi connectivity index (χ1) is 6.50. The molecule has 0 aliphatic carbocycles. The zero-order valence-corrected chi connectivity index (χ0v) is 10.3. The maximum absolute atomic E-state index is 13.1. The molecule has 0 fully saturated rings. The summed E-state index contributed by atoms with van der Waals surface area (Å²) in [6, 6.07) is -0.0980. The molecule has 0 spiro atoms. The molecule has 1 atom stereocenters. The van der Waals surface area contributed by atoms with Gasteiger partial charge in [0.05, 0.1) is 0 Å². The Morgan fingerprint density at radius 1 is 1.13 bits per heavy atom. The van der Waals surface area contributed by atoms with E-state index in [-0.39, 0.29) is 12.0 Å². The number of carbonyl (C=O) groups excluding carboxylic acids is 1. The van der Waals surface area contributed by atoms with Crippen molar-refractivity contribution in [3.8, 4) is 0 Å². The Balaban J connectivity index is 4.59. The van der Waals surface area contributed by atoms with Crippen molar-refractivity contribution in [1.29, 1.82) is 0 Å². The molecule has 0 unspecified atom stereocenters. The minimum atomic E-state index is -3.02. The monoisotopic (exact) mass is 221 g/mol. The first kappa shape index (κ1) is 14.3. The minimum Gasteiger partial charge on any atom is -0.353 e. The first-order valence-electron chi connectivity index (χ1n) is 5.19. The summed E-state index contributed by atoms with van der Waals surface area (Å²) in [5, 5.41) is 2.61. The lowest BCUT2D eigenvalue weighted by atomic mass is 9.85. The molecule has 0 rings (SSSR count). The molecule has 4 heteroatoms. The predicted molar refractivity (Wildman–Crippen MR) is 56.8 cm³/mol. The van der Waals surface area contributed by atoms with Crippen molar-refractivity contribution >= 4 is 5.91 Å². The fourth-order valence-corrected chi connectivity index (χ4v) is 0.753. The van der Waals surface area contributed by atoms with E-state index in [0.29, 0.717) is 0 Å². The third-order valence-electron chi connectivity index (χ3n) is 3.02. The van der Waals surface area contributed by atoms with Crippen LogP contribution in [0.2, 0.25) is 0 Å². The van der Waals surface area contributed by atoms with Gasteiger partial charge in [-0.2, -0.15) is 0 Å². The molecular weight excluding hydrogens is 200 g/mol. The first-order valence-corrected chi connectivity index (χ1v) is 5.19. The molecule has 0 saturated heterocycles. The molecule has 0 bridgehead atoms. The Morgan fingerprint density at radius 3 is 1.80 bits per heavy atom. The molecular formula is C11H21F2NO. The summed E-state index contributed by atoms with van der Waals surface area (Å²) in [5.41, 5.74) is -1.67. The highest BCUT2D eigenvalue weighted by atomic mass is 19.3. The smallest absolute Gasteiger partial charge is 0.259 e. The van der Waals surface area contributed by atoms with Gasteiger partial charge in [0, 0.05) is 13.0 Å². The van der Waals surface area contributed by atoms with E-state index in [0.717, 1.165) is 6.92 Å². The number of halogens is 2. The quantitative estimate of drug-likeness (QED) is 0.777. The van der Waals surface area contributed by atoms with Crippen LogP contribution in [0.3, 0.4) is 0 Å². The average Bonchev–Trinajstić information content (AvgIpc) is 2.01. The molecule has 90 valence electrons. The lowest BCUT2D eigenvalue weighted by Crippen LogP contribution is -2.50. The van der Waals surface area contributed by atoms with E-state index in [1.54, 1.807) is 0 Å². The maximum atomic E-state index is 13.1. The van der Waals surface area contributed by atoms with Crippen LogP contribution in [0.25, 0.3) is 0 Å². The summed E-state index contributed by atoms with van der Waals surface area (Å²) in [7, 11) is 0. The molecule has 0 heterocycles. The minimum absolute atomic E-state index is 0.0980. The topological polar surface area (TPSA) is 29.1 Å². The van der Waals surface area contributed by atoms with Gasteiger partial charge in [-0.1, -0.05) is 13.8 Å². The number of nitrogens with one attached hydrogen (secondary N) is 1. The van der Waals surface area contributed by atoms with Gasteiger partial charge in [-0.3, -0.25) is 4.79 Å². The highest BCUT2D eigenvalue weighted by Gasteiger charge is 2.48. The summed E-state index contributed by atoms with van der Waals surface area (Å²) in [5.74, 6) is -3.39. The molecule has 0 aliphatic rings. The second kappa shape index (κ2) is 4.45. The SMILES string of the molecule is CC(C)[C@@H](C)NC(=O)C(C)(C)C(C)(F)F. The van der Waals surface area contributed by atoms with Crippen LogP contribution >= 0.6 is 0 Å². The normalized spacial score (nSPS) is 15.3. The fourth-order valence-electron chi connectivity index (χ4n) is 0.753. The van der Waals surface area contributed by atoms with Crippen molar-refractivity contribution in [3.63, 3.8) is 0 Å². The third-order valence-corrected chi connectivity index (χ3v) is 3.02. The van der Waals surface area contributed by atoms with E-state index in [1.165, 1.54) is 13.8 Å². The molecule has 0 aromatic rings. The van der Waals surface area contributed by atoms with Crippen LogP contribution < -0.4 is 5.32 Å². The second-order valence-electron chi connectivity index (χ2n) is 5.02. The van der Waals surface area contributed by atoms with Crippen molar-refractivity contribution in [3.05, 3.63) is 0 Å². The summed E-state index contributed by atoms with van der Waals surface area (Å²) in [4.78, 5) is 11.6. The molecule has 2 nitrogen and oxygen atoms in total. The summed E-state index contributed by atoms with van der Waals surface area (Å²) in [6.45, 7) is 8.97. The van der Waals surface area contributed by atoms with Crippen LogP contribution in [0.15, 0.2) is 0 Å². The van der Waals surface area contributed by atoms with Gasteiger partial charge >= 0.3 is 0 Å². The van der Waals surface area contributed by atoms with E-state index >= 15 is 0 Å². The van der Waals surface area contributed by atoms with E-state index < -0.39 is 17.2 Å². The number of hydrogen-bond acceptors (Lipinski definition) is 1. The summed E-state index contributed by atoms with van der Waals surface area (Å²) in [6.07, 6.45) is 0. The predicted octanol–water partition coefficient (Wildman–Crippen LogP) is 2.83. The molecule has 1 N–H and O–H groups in total. The molecule has 0 aromatic heterocycles. The van der Waals surface area contributed by atoms with Gasteiger partial charge in [-0.15, -0.1) is 0 Å². The van der Waals surface area contributed by atoms with Gasteiger partial charge in [0.25, 0.3) is 5.92 Å². The fraction of sp³-hybridized carbons (Fsp3) is 0.909. The number of amides is 1. The van der Waals surface area contributed by atoms with Crippen LogP contribution in [0.5, 0.6) is 0 Å². The van der Waals surface area contributed by atoms with Crippen molar-refractivity contribution in [2.75, 3.05) is 0 Å². The van der Waals surface area contributed by atoms with Crippen LogP contribution in [0, 0.1) is 11.3 Å². The zero-order chi connectivity index (χ0) is 12.4. The molecule has 0 radical (unpaired) electrons. The summed E-state index contributed by atoms with van der Waals surface area (Å²) < 4.78 is 26.3. The molecule has 0 saturated carbocycles. The van der Waals surface area contributed by atoms with Gasteiger partial charge in [0.1, 0.15) is 5.41 Å². The maximum Gasteiger partial charge on any atom is 0.259 e. The number of carbonyl (C=O) groups is 1. The second-order valence-corrected chi connectivity index (χ2v) is 5.02. The Bertz CT molecular complexity index is 231. The lowest BCUT2D eigenvalue weighted by Gasteiger charge is -2.32. The highest BCUT2D eigenvalue weighted by Crippen LogP contribution is 2.35. The van der Waals surface area contributed by atoms with Gasteiger partial charge in [-0.25, -0.2) is 8.78 Å². The van der Waals surface area contributed by atoms with Crippen LogP contribution in [0.1, 0.15) is 41.5 Å². The van der Waals surface area contributed by atoms with Crippen molar-refractivity contribution < 1.29 is 13.6 Å². The highest BCUT2D eigenvalue weighted by molar-refractivity contribution is 5.83. The molecule has 0 aliphatic heterocycles. The molecule has 0 aromatic carbocycles. The molecule has 15 heavy (non-hydrogen) atoms. The van der Waals surface area contributed by atoms with Crippen LogP contribution in [-0.2, 0) is 4.79 Å². The van der Waals surface area contributed by atoms with Gasteiger partial charge in [0.15, 0.2) is 0 Å². The summed E-state index contributed by atoms with van der Waals surface area (Å²) >= 11 is 0. The van der Waals surface area contributed by atoms with Crippen molar-refractivity contribution in [2.45, 2.75) is 53.5 Å². The Morgan fingerprint density at radius 2 is 1.53 bits per heavy atom. The Hall–Kier alpha value is -0.670.